The lowest BCUT2D eigenvalue weighted by atomic mass is 9.89. The summed E-state index contributed by atoms with van der Waals surface area (Å²) < 4.78 is 5.70. The van der Waals surface area contributed by atoms with E-state index in [0.29, 0.717) is 17.0 Å². The van der Waals surface area contributed by atoms with Crippen molar-refractivity contribution in [1.29, 1.82) is 0 Å². The van der Waals surface area contributed by atoms with Crippen molar-refractivity contribution in [3.8, 4) is 5.75 Å². The van der Waals surface area contributed by atoms with Crippen LogP contribution < -0.4 is 16.0 Å². The predicted molar refractivity (Wildman–Crippen MR) is 81.4 cm³/mol. The lowest BCUT2D eigenvalue weighted by Gasteiger charge is -2.21. The molecule has 1 aromatic rings. The van der Waals surface area contributed by atoms with Gasteiger partial charge in [0.25, 0.3) is 0 Å². The third-order valence-corrected chi connectivity index (χ3v) is 3.23. The summed E-state index contributed by atoms with van der Waals surface area (Å²) in [4.78, 5) is 0. The molecule has 0 spiro atoms. The van der Waals surface area contributed by atoms with Gasteiger partial charge in [-0.05, 0) is 42.5 Å². The van der Waals surface area contributed by atoms with Crippen LogP contribution in [0, 0.1) is 5.41 Å². The van der Waals surface area contributed by atoms with E-state index < -0.39 is 0 Å². The molecule has 0 aliphatic rings. The van der Waals surface area contributed by atoms with Gasteiger partial charge in [-0.1, -0.05) is 38.8 Å². The summed E-state index contributed by atoms with van der Waals surface area (Å²) >= 11 is 5.82. The van der Waals surface area contributed by atoms with Gasteiger partial charge in [-0.25, -0.2) is 0 Å². The monoisotopic (exact) mass is 284 g/mol. The number of hydrazine groups is 1. The van der Waals surface area contributed by atoms with E-state index >= 15 is 0 Å². The van der Waals surface area contributed by atoms with Gasteiger partial charge in [0.2, 0.25) is 0 Å². The van der Waals surface area contributed by atoms with E-state index in [1.807, 2.05) is 24.3 Å². The van der Waals surface area contributed by atoms with Crippen LogP contribution >= 0.6 is 11.6 Å². The number of rotatable bonds is 7. The largest absolute Gasteiger partial charge is 0.492 e. The number of hydrogen-bond acceptors (Lipinski definition) is 3. The second-order valence-electron chi connectivity index (χ2n) is 6.08. The van der Waals surface area contributed by atoms with E-state index in [1.165, 1.54) is 6.42 Å². The van der Waals surface area contributed by atoms with Crippen molar-refractivity contribution >= 4 is 11.6 Å². The second kappa shape index (κ2) is 7.73. The van der Waals surface area contributed by atoms with E-state index in [4.69, 9.17) is 22.2 Å². The molecular weight excluding hydrogens is 260 g/mol. The van der Waals surface area contributed by atoms with Crippen molar-refractivity contribution in [2.45, 2.75) is 46.1 Å². The zero-order chi connectivity index (χ0) is 14.3. The fraction of sp³-hybridized carbons (Fsp3) is 0.600. The van der Waals surface area contributed by atoms with Crippen molar-refractivity contribution in [3.63, 3.8) is 0 Å². The van der Waals surface area contributed by atoms with Crippen LogP contribution in [0.5, 0.6) is 5.75 Å². The minimum absolute atomic E-state index is 0.179. The molecule has 0 bridgehead atoms. The fourth-order valence-corrected chi connectivity index (χ4v) is 1.95. The Morgan fingerprint density at radius 1 is 1.26 bits per heavy atom. The van der Waals surface area contributed by atoms with Gasteiger partial charge in [-0.15, -0.1) is 0 Å². The quantitative estimate of drug-likeness (QED) is 0.592. The summed E-state index contributed by atoms with van der Waals surface area (Å²) in [6.07, 6.45) is 3.34. The molecule has 19 heavy (non-hydrogen) atoms. The molecule has 1 rings (SSSR count). The van der Waals surface area contributed by atoms with Gasteiger partial charge in [0.15, 0.2) is 0 Å². The number of nitrogens with one attached hydrogen (secondary N) is 1. The Kier molecular flexibility index (Phi) is 6.63. The molecule has 0 fully saturated rings. The highest BCUT2D eigenvalue weighted by molar-refractivity contribution is 6.30. The summed E-state index contributed by atoms with van der Waals surface area (Å²) in [6, 6.07) is 7.55. The van der Waals surface area contributed by atoms with E-state index in [1.54, 1.807) is 0 Å². The maximum Gasteiger partial charge on any atom is 0.119 e. The molecule has 0 amide bonds. The Morgan fingerprint density at radius 2 is 1.89 bits per heavy atom. The molecule has 0 aromatic heterocycles. The van der Waals surface area contributed by atoms with Crippen LogP contribution in [0.3, 0.4) is 0 Å². The summed E-state index contributed by atoms with van der Waals surface area (Å²) in [5, 5.41) is 0.714. The average molecular weight is 285 g/mol. The maximum atomic E-state index is 5.82. The highest BCUT2D eigenvalue weighted by atomic mass is 35.5. The van der Waals surface area contributed by atoms with E-state index in [9.17, 15) is 0 Å². The van der Waals surface area contributed by atoms with Gasteiger partial charge < -0.3 is 4.74 Å². The van der Waals surface area contributed by atoms with Gasteiger partial charge in [0.1, 0.15) is 12.4 Å². The third kappa shape index (κ3) is 7.41. The first-order valence-electron chi connectivity index (χ1n) is 6.75. The predicted octanol–water partition coefficient (Wildman–Crippen LogP) is 3.77. The average Bonchev–Trinajstić information content (AvgIpc) is 2.34. The SMILES string of the molecule is CC(C)(C)CCCC(COc1ccc(Cl)cc1)NN. The highest BCUT2D eigenvalue weighted by Crippen LogP contribution is 2.22. The van der Waals surface area contributed by atoms with Crippen LogP contribution in [0.2, 0.25) is 5.02 Å². The minimum atomic E-state index is 0.179. The smallest absolute Gasteiger partial charge is 0.119 e. The van der Waals surface area contributed by atoms with Crippen LogP contribution in [-0.2, 0) is 0 Å². The second-order valence-corrected chi connectivity index (χ2v) is 6.52. The molecule has 0 heterocycles. The fourth-order valence-electron chi connectivity index (χ4n) is 1.82. The molecule has 0 radical (unpaired) electrons. The normalized spacial score (nSPS) is 13.3. The standard InChI is InChI=1S/C15H25ClN2O/c1-15(2,3)10-4-5-13(18-17)11-19-14-8-6-12(16)7-9-14/h6-9,13,18H,4-5,10-11,17H2,1-3H3. The Bertz CT molecular complexity index is 359. The molecule has 108 valence electrons. The topological polar surface area (TPSA) is 47.3 Å². The van der Waals surface area contributed by atoms with Gasteiger partial charge >= 0.3 is 0 Å². The lowest BCUT2D eigenvalue weighted by molar-refractivity contribution is 0.247. The molecule has 4 heteroatoms. The number of hydrogen-bond donors (Lipinski definition) is 2. The molecule has 1 aromatic carbocycles. The van der Waals surface area contributed by atoms with Gasteiger partial charge in [0.05, 0.1) is 6.04 Å². The number of benzene rings is 1. The minimum Gasteiger partial charge on any atom is -0.492 e. The van der Waals surface area contributed by atoms with Gasteiger partial charge in [-0.2, -0.15) is 0 Å². The first kappa shape index (κ1) is 16.3. The van der Waals surface area contributed by atoms with E-state index in [2.05, 4.69) is 26.2 Å². The highest BCUT2D eigenvalue weighted by Gasteiger charge is 2.13. The summed E-state index contributed by atoms with van der Waals surface area (Å²) in [7, 11) is 0. The zero-order valence-electron chi connectivity index (χ0n) is 12.1. The molecule has 3 nitrogen and oxygen atoms in total. The molecule has 0 aliphatic heterocycles. The Hall–Kier alpha value is -0.770. The Morgan fingerprint density at radius 3 is 2.42 bits per heavy atom. The number of nitrogens with two attached hydrogens (primary N) is 1. The maximum absolute atomic E-state index is 5.82. The van der Waals surface area contributed by atoms with Crippen molar-refractivity contribution < 1.29 is 4.74 Å². The molecule has 0 saturated heterocycles. The summed E-state index contributed by atoms with van der Waals surface area (Å²) in [5.74, 6) is 6.38. The molecule has 0 aliphatic carbocycles. The number of halogens is 1. The lowest BCUT2D eigenvalue weighted by Crippen LogP contribution is -2.39. The van der Waals surface area contributed by atoms with E-state index in [0.717, 1.165) is 18.6 Å². The molecule has 3 N–H and O–H groups in total. The van der Waals surface area contributed by atoms with Crippen molar-refractivity contribution in [2.24, 2.45) is 11.3 Å². The number of ether oxygens (including phenoxy) is 1. The summed E-state index contributed by atoms with van der Waals surface area (Å²) in [6.45, 7) is 7.33. The van der Waals surface area contributed by atoms with E-state index in [-0.39, 0.29) is 6.04 Å². The summed E-state index contributed by atoms with van der Waals surface area (Å²) in [5.41, 5.74) is 3.19. The third-order valence-electron chi connectivity index (χ3n) is 2.98. The Labute approximate surface area is 121 Å². The Balaban J connectivity index is 2.30. The van der Waals surface area contributed by atoms with Crippen molar-refractivity contribution in [2.75, 3.05) is 6.61 Å². The van der Waals surface area contributed by atoms with Crippen LogP contribution in [0.1, 0.15) is 40.0 Å². The molecule has 1 atom stereocenters. The van der Waals surface area contributed by atoms with Crippen LogP contribution in [0.4, 0.5) is 0 Å². The van der Waals surface area contributed by atoms with Crippen molar-refractivity contribution in [3.05, 3.63) is 29.3 Å². The molecule has 1 unspecified atom stereocenters. The molecular formula is C15H25ClN2O. The molecule has 0 saturated carbocycles. The van der Waals surface area contributed by atoms with Crippen LogP contribution in [-0.4, -0.2) is 12.6 Å². The van der Waals surface area contributed by atoms with Crippen LogP contribution in [0.15, 0.2) is 24.3 Å². The first-order chi connectivity index (χ1) is 8.90. The van der Waals surface area contributed by atoms with Gasteiger partial charge in [-0.3, -0.25) is 11.3 Å². The zero-order valence-corrected chi connectivity index (χ0v) is 12.8. The van der Waals surface area contributed by atoms with Gasteiger partial charge in [0, 0.05) is 5.02 Å². The van der Waals surface area contributed by atoms with Crippen molar-refractivity contribution in [1.82, 2.24) is 5.43 Å². The first-order valence-corrected chi connectivity index (χ1v) is 7.13. The van der Waals surface area contributed by atoms with Crippen LogP contribution in [0.25, 0.3) is 0 Å².